The normalized spacial score (nSPS) is 15.9. The fraction of sp³-hybridized carbons (Fsp3) is 0.588. The number of carbonyl (C=O) groups excluding carboxylic acids is 1. The Balaban J connectivity index is 1.97. The van der Waals surface area contributed by atoms with Crippen LogP contribution in [0.2, 0.25) is 0 Å². The van der Waals surface area contributed by atoms with Gasteiger partial charge >= 0.3 is 0 Å². The molecular formula is C17H25NO2. The lowest BCUT2D eigenvalue weighted by molar-refractivity contribution is -0.133. The van der Waals surface area contributed by atoms with Gasteiger partial charge in [-0.3, -0.25) is 4.79 Å². The van der Waals surface area contributed by atoms with Crippen molar-refractivity contribution in [2.75, 3.05) is 13.7 Å². The first-order valence-corrected chi connectivity index (χ1v) is 7.67. The predicted molar refractivity (Wildman–Crippen MR) is 81.0 cm³/mol. The third-order valence-electron chi connectivity index (χ3n) is 4.19. The lowest BCUT2D eigenvalue weighted by Crippen LogP contribution is -2.42. The van der Waals surface area contributed by atoms with Crippen LogP contribution in [-0.2, 0) is 11.2 Å². The number of hydrogen-bond acceptors (Lipinski definition) is 2. The maximum atomic E-state index is 12.5. The van der Waals surface area contributed by atoms with Crippen molar-refractivity contribution in [3.8, 4) is 5.75 Å². The second kappa shape index (κ2) is 7.32. The third-order valence-corrected chi connectivity index (χ3v) is 4.19. The van der Waals surface area contributed by atoms with Crippen LogP contribution in [0.1, 0.15) is 44.6 Å². The minimum absolute atomic E-state index is 0.254. The largest absolute Gasteiger partial charge is 0.497 e. The number of nitrogens with zero attached hydrogens (tertiary/aromatic N) is 1. The van der Waals surface area contributed by atoms with E-state index in [1.807, 2.05) is 24.3 Å². The topological polar surface area (TPSA) is 29.5 Å². The Morgan fingerprint density at radius 1 is 1.20 bits per heavy atom. The van der Waals surface area contributed by atoms with Gasteiger partial charge in [0.2, 0.25) is 5.91 Å². The maximum absolute atomic E-state index is 12.5. The predicted octanol–water partition coefficient (Wildman–Crippen LogP) is 3.42. The van der Waals surface area contributed by atoms with Crippen LogP contribution in [-0.4, -0.2) is 30.5 Å². The van der Waals surface area contributed by atoms with Gasteiger partial charge in [-0.15, -0.1) is 0 Å². The minimum atomic E-state index is 0.254. The Morgan fingerprint density at radius 3 is 2.40 bits per heavy atom. The number of carbonyl (C=O) groups is 1. The van der Waals surface area contributed by atoms with E-state index in [1.165, 1.54) is 32.1 Å². The van der Waals surface area contributed by atoms with E-state index in [1.54, 1.807) is 7.11 Å². The monoisotopic (exact) mass is 275 g/mol. The zero-order valence-electron chi connectivity index (χ0n) is 12.6. The summed E-state index contributed by atoms with van der Waals surface area (Å²) < 4.78 is 5.14. The van der Waals surface area contributed by atoms with E-state index in [-0.39, 0.29) is 5.91 Å². The van der Waals surface area contributed by atoms with E-state index in [4.69, 9.17) is 4.74 Å². The smallest absolute Gasteiger partial charge is 0.227 e. The Labute approximate surface area is 121 Å². The molecule has 0 bridgehead atoms. The molecule has 0 heterocycles. The first kappa shape index (κ1) is 14.9. The van der Waals surface area contributed by atoms with Gasteiger partial charge in [0.25, 0.3) is 0 Å². The Bertz CT molecular complexity index is 421. The van der Waals surface area contributed by atoms with Crippen LogP contribution in [0.5, 0.6) is 5.75 Å². The molecule has 0 aromatic heterocycles. The zero-order chi connectivity index (χ0) is 14.4. The van der Waals surface area contributed by atoms with Crippen molar-refractivity contribution in [2.45, 2.75) is 51.5 Å². The third kappa shape index (κ3) is 3.75. The molecule has 0 unspecified atom stereocenters. The fourth-order valence-electron chi connectivity index (χ4n) is 3.05. The van der Waals surface area contributed by atoms with Crippen molar-refractivity contribution in [1.29, 1.82) is 0 Å². The quantitative estimate of drug-likeness (QED) is 0.824. The van der Waals surface area contributed by atoms with Crippen molar-refractivity contribution in [1.82, 2.24) is 4.90 Å². The van der Waals surface area contributed by atoms with Gasteiger partial charge in [-0.1, -0.05) is 31.4 Å². The van der Waals surface area contributed by atoms with E-state index in [0.717, 1.165) is 17.9 Å². The van der Waals surface area contributed by atoms with Crippen molar-refractivity contribution < 1.29 is 9.53 Å². The van der Waals surface area contributed by atoms with E-state index >= 15 is 0 Å². The molecule has 1 aliphatic rings. The number of ether oxygens (including phenoxy) is 1. The van der Waals surface area contributed by atoms with Gasteiger partial charge in [-0.2, -0.15) is 0 Å². The average molecular weight is 275 g/mol. The highest BCUT2D eigenvalue weighted by Gasteiger charge is 2.23. The number of benzene rings is 1. The molecule has 1 aliphatic carbocycles. The van der Waals surface area contributed by atoms with Crippen molar-refractivity contribution >= 4 is 5.91 Å². The fourth-order valence-corrected chi connectivity index (χ4v) is 3.05. The first-order chi connectivity index (χ1) is 9.74. The molecule has 1 aromatic carbocycles. The summed E-state index contributed by atoms with van der Waals surface area (Å²) in [5, 5.41) is 0. The van der Waals surface area contributed by atoms with Crippen LogP contribution in [0, 0.1) is 0 Å². The molecule has 20 heavy (non-hydrogen) atoms. The molecule has 0 N–H and O–H groups in total. The molecule has 1 amide bonds. The first-order valence-electron chi connectivity index (χ1n) is 7.67. The molecule has 0 aliphatic heterocycles. The van der Waals surface area contributed by atoms with Crippen molar-refractivity contribution in [2.24, 2.45) is 0 Å². The van der Waals surface area contributed by atoms with E-state index in [9.17, 15) is 4.79 Å². The van der Waals surface area contributed by atoms with Gasteiger partial charge in [0.05, 0.1) is 13.5 Å². The summed E-state index contributed by atoms with van der Waals surface area (Å²) in [6, 6.07) is 8.25. The highest BCUT2D eigenvalue weighted by molar-refractivity contribution is 5.79. The molecular weight excluding hydrogens is 250 g/mol. The van der Waals surface area contributed by atoms with Crippen LogP contribution in [0.3, 0.4) is 0 Å². The zero-order valence-corrected chi connectivity index (χ0v) is 12.6. The van der Waals surface area contributed by atoms with E-state index in [2.05, 4.69) is 11.8 Å². The number of hydrogen-bond donors (Lipinski definition) is 0. The van der Waals surface area contributed by atoms with Crippen molar-refractivity contribution in [3.05, 3.63) is 29.8 Å². The van der Waals surface area contributed by atoms with Gasteiger partial charge in [-0.05, 0) is 37.5 Å². The average Bonchev–Trinajstić information content (AvgIpc) is 2.50. The van der Waals surface area contributed by atoms with Gasteiger partial charge in [0, 0.05) is 12.6 Å². The Kier molecular flexibility index (Phi) is 5.45. The summed E-state index contributed by atoms with van der Waals surface area (Å²) in [5.74, 6) is 1.09. The SMILES string of the molecule is CCN(C(=O)Cc1ccc(OC)cc1)C1CCCCC1. The molecule has 110 valence electrons. The summed E-state index contributed by atoms with van der Waals surface area (Å²) in [7, 11) is 1.65. The number of methoxy groups -OCH3 is 1. The molecule has 2 rings (SSSR count). The number of amides is 1. The maximum Gasteiger partial charge on any atom is 0.227 e. The highest BCUT2D eigenvalue weighted by Crippen LogP contribution is 2.23. The standard InChI is InChI=1S/C17H25NO2/c1-3-18(15-7-5-4-6-8-15)17(19)13-14-9-11-16(20-2)12-10-14/h9-12,15H,3-8,13H2,1-2H3. The molecule has 1 saturated carbocycles. The van der Waals surface area contributed by atoms with Crippen molar-refractivity contribution in [3.63, 3.8) is 0 Å². The van der Waals surface area contributed by atoms with Gasteiger partial charge in [0.15, 0.2) is 0 Å². The Hall–Kier alpha value is -1.51. The van der Waals surface area contributed by atoms with Gasteiger partial charge in [-0.25, -0.2) is 0 Å². The summed E-state index contributed by atoms with van der Waals surface area (Å²) >= 11 is 0. The number of rotatable bonds is 5. The highest BCUT2D eigenvalue weighted by atomic mass is 16.5. The molecule has 3 nitrogen and oxygen atoms in total. The van der Waals surface area contributed by atoms with Crippen LogP contribution in [0.15, 0.2) is 24.3 Å². The molecule has 0 spiro atoms. The van der Waals surface area contributed by atoms with Crippen LogP contribution >= 0.6 is 0 Å². The molecule has 1 aromatic rings. The summed E-state index contributed by atoms with van der Waals surface area (Å²) in [6.45, 7) is 2.90. The van der Waals surface area contributed by atoms with Crippen LogP contribution < -0.4 is 4.74 Å². The minimum Gasteiger partial charge on any atom is -0.497 e. The summed E-state index contributed by atoms with van der Waals surface area (Å²) in [5.41, 5.74) is 1.06. The molecule has 0 atom stereocenters. The molecule has 0 radical (unpaired) electrons. The van der Waals surface area contributed by atoms with Crippen LogP contribution in [0.25, 0.3) is 0 Å². The van der Waals surface area contributed by atoms with Crippen LogP contribution in [0.4, 0.5) is 0 Å². The second-order valence-electron chi connectivity index (χ2n) is 5.50. The summed E-state index contributed by atoms with van der Waals surface area (Å²) in [4.78, 5) is 14.6. The second-order valence-corrected chi connectivity index (χ2v) is 5.50. The van der Waals surface area contributed by atoms with Gasteiger partial charge < -0.3 is 9.64 Å². The van der Waals surface area contributed by atoms with Gasteiger partial charge in [0.1, 0.15) is 5.75 Å². The molecule has 0 saturated heterocycles. The summed E-state index contributed by atoms with van der Waals surface area (Å²) in [6.07, 6.45) is 6.67. The molecule has 1 fully saturated rings. The van der Waals surface area contributed by atoms with E-state index < -0.39 is 0 Å². The van der Waals surface area contributed by atoms with E-state index in [0.29, 0.717) is 12.5 Å². The lowest BCUT2D eigenvalue weighted by Gasteiger charge is -2.33. The Morgan fingerprint density at radius 2 is 1.85 bits per heavy atom. The lowest BCUT2D eigenvalue weighted by atomic mass is 9.93. The number of likely N-dealkylation sites (N-methyl/N-ethyl adjacent to an activating group) is 1. The molecule has 3 heteroatoms.